The van der Waals surface area contributed by atoms with Gasteiger partial charge in [-0.2, -0.15) is 0 Å². The zero-order chi connectivity index (χ0) is 8.11. The van der Waals surface area contributed by atoms with Crippen LogP contribution in [0.3, 0.4) is 0 Å². The molecule has 0 spiro atoms. The number of alkyl halides is 2. The Bertz CT molecular complexity index is 170. The van der Waals surface area contributed by atoms with Gasteiger partial charge in [0.05, 0.1) is 0 Å². The normalized spacial score (nSPS) is 36.8. The summed E-state index contributed by atoms with van der Waals surface area (Å²) < 4.78 is -0.342. The van der Waals surface area contributed by atoms with Crippen molar-refractivity contribution in [3.05, 3.63) is 0 Å². The molecule has 0 aromatic rings. The summed E-state index contributed by atoms with van der Waals surface area (Å²) in [7, 11) is 0. The molecule has 0 nitrogen and oxygen atoms in total. The molecule has 2 aliphatic rings. The smallest absolute Gasteiger partial charge is 0.101 e. The highest BCUT2D eigenvalue weighted by molar-refractivity contribution is 6.50. The SMILES string of the molecule is CC1(CCC2CC2(Cl)Cl)CC1. The van der Waals surface area contributed by atoms with E-state index in [1.165, 1.54) is 25.7 Å². The molecule has 0 aromatic heterocycles. The van der Waals surface area contributed by atoms with E-state index >= 15 is 0 Å². The highest BCUT2D eigenvalue weighted by Crippen LogP contribution is 2.58. The van der Waals surface area contributed by atoms with Crippen LogP contribution < -0.4 is 0 Å². The van der Waals surface area contributed by atoms with Gasteiger partial charge in [0.2, 0.25) is 0 Å². The first kappa shape index (κ1) is 8.19. The molecular weight excluding hydrogens is 179 g/mol. The molecule has 0 amide bonds. The predicted octanol–water partition coefficient (Wildman–Crippen LogP) is 3.76. The van der Waals surface area contributed by atoms with Gasteiger partial charge in [-0.3, -0.25) is 0 Å². The van der Waals surface area contributed by atoms with Crippen LogP contribution in [0.15, 0.2) is 0 Å². The average molecular weight is 193 g/mol. The lowest BCUT2D eigenvalue weighted by atomic mass is 10.0. The summed E-state index contributed by atoms with van der Waals surface area (Å²) in [5.74, 6) is 0.600. The maximum Gasteiger partial charge on any atom is 0.121 e. The largest absolute Gasteiger partial charge is 0.121 e. The Morgan fingerprint density at radius 1 is 1.36 bits per heavy atom. The maximum atomic E-state index is 5.92. The van der Waals surface area contributed by atoms with Gasteiger partial charge in [-0.25, -0.2) is 0 Å². The van der Waals surface area contributed by atoms with Crippen LogP contribution in [0, 0.1) is 11.3 Å². The molecule has 0 aromatic carbocycles. The maximum absolute atomic E-state index is 5.92. The van der Waals surface area contributed by atoms with Crippen molar-refractivity contribution in [2.45, 2.75) is 43.4 Å². The molecule has 2 aliphatic carbocycles. The summed E-state index contributed by atoms with van der Waals surface area (Å²) in [5.41, 5.74) is 0.673. The summed E-state index contributed by atoms with van der Waals surface area (Å²) in [6, 6.07) is 0. The summed E-state index contributed by atoms with van der Waals surface area (Å²) in [6.07, 6.45) is 6.42. The first-order valence-corrected chi connectivity index (χ1v) is 5.15. The highest BCUT2D eigenvalue weighted by atomic mass is 35.5. The van der Waals surface area contributed by atoms with Crippen LogP contribution in [0.25, 0.3) is 0 Å². The van der Waals surface area contributed by atoms with Gasteiger partial charge < -0.3 is 0 Å². The minimum atomic E-state index is -0.342. The molecule has 0 saturated heterocycles. The van der Waals surface area contributed by atoms with Gasteiger partial charge in [0, 0.05) is 0 Å². The summed E-state index contributed by atoms with van der Waals surface area (Å²) in [6.45, 7) is 2.36. The van der Waals surface area contributed by atoms with Gasteiger partial charge in [0.25, 0.3) is 0 Å². The minimum Gasteiger partial charge on any atom is -0.101 e. The van der Waals surface area contributed by atoms with Gasteiger partial charge in [0.15, 0.2) is 0 Å². The topological polar surface area (TPSA) is 0 Å². The van der Waals surface area contributed by atoms with E-state index in [0.717, 1.165) is 6.42 Å². The molecule has 1 atom stereocenters. The molecule has 2 rings (SSSR count). The third kappa shape index (κ3) is 1.84. The molecule has 64 valence electrons. The van der Waals surface area contributed by atoms with Crippen LogP contribution in [0.5, 0.6) is 0 Å². The second kappa shape index (κ2) is 2.29. The summed E-state index contributed by atoms with van der Waals surface area (Å²) >= 11 is 11.8. The fourth-order valence-corrected chi connectivity index (χ4v) is 2.16. The van der Waals surface area contributed by atoms with E-state index in [4.69, 9.17) is 23.2 Å². The molecule has 2 fully saturated rings. The molecule has 0 radical (unpaired) electrons. The quantitative estimate of drug-likeness (QED) is 0.598. The summed E-state index contributed by atoms with van der Waals surface area (Å²) in [5, 5.41) is 0. The molecule has 0 bridgehead atoms. The summed E-state index contributed by atoms with van der Waals surface area (Å²) in [4.78, 5) is 0. The van der Waals surface area contributed by atoms with Crippen LogP contribution in [0.1, 0.15) is 39.0 Å². The fraction of sp³-hybridized carbons (Fsp3) is 1.00. The van der Waals surface area contributed by atoms with Crippen LogP contribution in [-0.4, -0.2) is 4.33 Å². The lowest BCUT2D eigenvalue weighted by Gasteiger charge is -2.06. The Morgan fingerprint density at radius 3 is 2.27 bits per heavy atom. The Hall–Kier alpha value is 0.580. The number of halogens is 2. The van der Waals surface area contributed by atoms with Crippen LogP contribution in [0.2, 0.25) is 0 Å². The fourth-order valence-electron chi connectivity index (χ4n) is 1.57. The van der Waals surface area contributed by atoms with Crippen molar-refractivity contribution < 1.29 is 0 Å². The highest BCUT2D eigenvalue weighted by Gasteiger charge is 2.52. The third-order valence-electron chi connectivity index (χ3n) is 3.16. The molecular formula is C9H14Cl2. The van der Waals surface area contributed by atoms with E-state index in [-0.39, 0.29) is 4.33 Å². The van der Waals surface area contributed by atoms with Crippen molar-refractivity contribution in [3.8, 4) is 0 Å². The first-order chi connectivity index (χ1) is 5.02. The first-order valence-electron chi connectivity index (χ1n) is 4.40. The molecule has 2 heteroatoms. The van der Waals surface area contributed by atoms with Crippen molar-refractivity contribution in [1.82, 2.24) is 0 Å². The van der Waals surface area contributed by atoms with Crippen molar-refractivity contribution >= 4 is 23.2 Å². The van der Waals surface area contributed by atoms with E-state index in [2.05, 4.69) is 6.92 Å². The number of hydrogen-bond donors (Lipinski definition) is 0. The zero-order valence-electron chi connectivity index (χ0n) is 6.87. The Labute approximate surface area is 78.3 Å². The third-order valence-corrected chi connectivity index (χ3v) is 4.08. The van der Waals surface area contributed by atoms with Gasteiger partial charge in [-0.05, 0) is 43.4 Å². The van der Waals surface area contributed by atoms with E-state index in [1.807, 2.05) is 0 Å². The van der Waals surface area contributed by atoms with Gasteiger partial charge in [-0.15, -0.1) is 23.2 Å². The standard InChI is InChI=1S/C9H14Cl2/c1-8(4-5-8)3-2-7-6-9(7,10)11/h7H,2-6H2,1H3. The minimum absolute atomic E-state index is 0.342. The van der Waals surface area contributed by atoms with E-state index in [1.54, 1.807) is 0 Å². The van der Waals surface area contributed by atoms with E-state index in [0.29, 0.717) is 11.3 Å². The van der Waals surface area contributed by atoms with Crippen molar-refractivity contribution in [3.63, 3.8) is 0 Å². The predicted molar refractivity (Wildman–Crippen MR) is 49.1 cm³/mol. The molecule has 0 heterocycles. The van der Waals surface area contributed by atoms with Crippen molar-refractivity contribution in [1.29, 1.82) is 0 Å². The van der Waals surface area contributed by atoms with Crippen LogP contribution in [0.4, 0.5) is 0 Å². The lowest BCUT2D eigenvalue weighted by molar-refractivity contribution is 0.472. The Balaban J connectivity index is 1.69. The average Bonchev–Trinajstić information content (AvgIpc) is 2.72. The molecule has 11 heavy (non-hydrogen) atoms. The lowest BCUT2D eigenvalue weighted by Crippen LogP contribution is -1.96. The van der Waals surface area contributed by atoms with E-state index < -0.39 is 0 Å². The molecule has 0 N–H and O–H groups in total. The zero-order valence-corrected chi connectivity index (χ0v) is 8.38. The second-order valence-corrected chi connectivity index (χ2v) is 6.05. The molecule has 2 saturated carbocycles. The van der Waals surface area contributed by atoms with Crippen molar-refractivity contribution in [2.75, 3.05) is 0 Å². The molecule has 0 aliphatic heterocycles. The van der Waals surface area contributed by atoms with E-state index in [9.17, 15) is 0 Å². The van der Waals surface area contributed by atoms with Crippen LogP contribution in [-0.2, 0) is 0 Å². The second-order valence-electron chi connectivity index (χ2n) is 4.51. The van der Waals surface area contributed by atoms with Gasteiger partial charge in [0.1, 0.15) is 4.33 Å². The molecule has 1 unspecified atom stereocenters. The monoisotopic (exact) mass is 192 g/mol. The number of hydrogen-bond acceptors (Lipinski definition) is 0. The van der Waals surface area contributed by atoms with Crippen molar-refractivity contribution in [2.24, 2.45) is 11.3 Å². The number of rotatable bonds is 3. The van der Waals surface area contributed by atoms with Gasteiger partial charge in [-0.1, -0.05) is 6.92 Å². The van der Waals surface area contributed by atoms with Crippen LogP contribution >= 0.6 is 23.2 Å². The Morgan fingerprint density at radius 2 is 1.91 bits per heavy atom. The van der Waals surface area contributed by atoms with Gasteiger partial charge >= 0.3 is 0 Å². The Kier molecular flexibility index (Phi) is 1.71.